The van der Waals surface area contributed by atoms with Crippen LogP contribution in [0.2, 0.25) is 0 Å². The predicted octanol–water partition coefficient (Wildman–Crippen LogP) is 0.445. The molecule has 0 unspecified atom stereocenters. The second-order valence-corrected chi connectivity index (χ2v) is 5.14. The number of nitrogens with zero attached hydrogens (tertiary/aromatic N) is 2. The Kier molecular flexibility index (Phi) is 5.26. The minimum Gasteiger partial charge on any atom is -0.391 e. The minimum absolute atomic E-state index is 0.208. The largest absolute Gasteiger partial charge is 0.391 e. The molecule has 0 bridgehead atoms. The Balaban J connectivity index is 1.69. The molecule has 5 heteroatoms. The Morgan fingerprint density at radius 1 is 1.44 bits per heavy atom. The minimum atomic E-state index is -0.208. The van der Waals surface area contributed by atoms with Gasteiger partial charge in [0.25, 0.3) is 0 Å². The van der Waals surface area contributed by atoms with Crippen LogP contribution in [0.25, 0.3) is 0 Å². The molecule has 104 valence electrons. The lowest BCUT2D eigenvalue weighted by molar-refractivity contribution is 0.131. The zero-order chi connectivity index (χ0) is 12.8. The highest BCUT2D eigenvalue weighted by atomic mass is 16.5. The van der Waals surface area contributed by atoms with Crippen LogP contribution in [0.15, 0.2) is 4.99 Å². The highest BCUT2D eigenvalue weighted by molar-refractivity contribution is 5.80. The van der Waals surface area contributed by atoms with Crippen LogP contribution in [0.4, 0.5) is 0 Å². The summed E-state index contributed by atoms with van der Waals surface area (Å²) >= 11 is 0. The van der Waals surface area contributed by atoms with Crippen LogP contribution in [0.1, 0.15) is 26.2 Å². The van der Waals surface area contributed by atoms with Crippen LogP contribution in [-0.2, 0) is 4.74 Å². The lowest BCUT2D eigenvalue weighted by Gasteiger charge is -2.20. The number of likely N-dealkylation sites (tertiary alicyclic amines) is 1. The van der Waals surface area contributed by atoms with Crippen molar-refractivity contribution in [2.24, 2.45) is 10.9 Å². The molecule has 2 rings (SSSR count). The first kappa shape index (κ1) is 13.6. The molecule has 0 aromatic heterocycles. The normalized spacial score (nSPS) is 24.7. The first-order chi connectivity index (χ1) is 8.79. The Labute approximate surface area is 109 Å². The Hall–Kier alpha value is -0.810. The molecule has 2 fully saturated rings. The van der Waals surface area contributed by atoms with E-state index in [1.807, 2.05) is 0 Å². The summed E-state index contributed by atoms with van der Waals surface area (Å²) in [6.45, 7) is 6.78. The molecule has 1 saturated heterocycles. The first-order valence-electron chi connectivity index (χ1n) is 7.08. The van der Waals surface area contributed by atoms with Gasteiger partial charge in [0.15, 0.2) is 5.96 Å². The summed E-state index contributed by atoms with van der Waals surface area (Å²) < 4.78 is 5.57. The molecule has 0 radical (unpaired) electrons. The van der Waals surface area contributed by atoms with E-state index in [0.717, 1.165) is 38.0 Å². The topological polar surface area (TPSA) is 57.1 Å². The molecule has 2 N–H and O–H groups in total. The molecule has 2 aliphatic rings. The fourth-order valence-electron chi connectivity index (χ4n) is 2.11. The van der Waals surface area contributed by atoms with E-state index >= 15 is 0 Å². The fourth-order valence-corrected chi connectivity index (χ4v) is 2.11. The molecule has 1 heterocycles. The summed E-state index contributed by atoms with van der Waals surface area (Å²) in [5.41, 5.74) is 0. The van der Waals surface area contributed by atoms with Crippen molar-refractivity contribution in [1.29, 1.82) is 0 Å². The van der Waals surface area contributed by atoms with Crippen molar-refractivity contribution in [2.45, 2.75) is 32.3 Å². The highest BCUT2D eigenvalue weighted by Crippen LogP contribution is 2.28. The van der Waals surface area contributed by atoms with Gasteiger partial charge in [-0.15, -0.1) is 0 Å². The lowest BCUT2D eigenvalue weighted by Crippen LogP contribution is -2.40. The molecule has 0 amide bonds. The molecular formula is C13H25N3O2. The number of β-amino-alcohol motifs (C(OH)–C–C–N with tert-alkyl or cyclic N) is 1. The average molecular weight is 255 g/mol. The van der Waals surface area contributed by atoms with Crippen LogP contribution in [0, 0.1) is 5.92 Å². The quantitative estimate of drug-likeness (QED) is 0.411. The molecule has 1 saturated carbocycles. The van der Waals surface area contributed by atoms with Gasteiger partial charge in [-0.25, -0.2) is 0 Å². The summed E-state index contributed by atoms with van der Waals surface area (Å²) in [6.07, 6.45) is 3.29. The van der Waals surface area contributed by atoms with Gasteiger partial charge in [0, 0.05) is 26.2 Å². The molecule has 0 aromatic carbocycles. The second kappa shape index (κ2) is 6.95. The molecule has 5 nitrogen and oxygen atoms in total. The number of hydrogen-bond donors (Lipinski definition) is 2. The number of rotatable bonds is 6. The summed E-state index contributed by atoms with van der Waals surface area (Å²) in [5.74, 6) is 1.72. The third kappa shape index (κ3) is 4.46. The molecule has 0 spiro atoms. The van der Waals surface area contributed by atoms with Crippen molar-refractivity contribution in [1.82, 2.24) is 10.2 Å². The van der Waals surface area contributed by atoms with E-state index in [1.165, 1.54) is 12.8 Å². The fraction of sp³-hybridized carbons (Fsp3) is 0.923. The zero-order valence-electron chi connectivity index (χ0n) is 11.3. The number of aliphatic hydroxyl groups excluding tert-OH is 1. The van der Waals surface area contributed by atoms with Crippen molar-refractivity contribution in [3.05, 3.63) is 0 Å². The first-order valence-corrected chi connectivity index (χ1v) is 7.08. The van der Waals surface area contributed by atoms with Gasteiger partial charge in [0.2, 0.25) is 0 Å². The van der Waals surface area contributed by atoms with E-state index in [1.54, 1.807) is 0 Å². The monoisotopic (exact) mass is 255 g/mol. The lowest BCUT2D eigenvalue weighted by atomic mass is 10.3. The summed E-state index contributed by atoms with van der Waals surface area (Å²) in [5, 5.41) is 12.8. The number of ether oxygens (including phenoxy) is 1. The van der Waals surface area contributed by atoms with Crippen molar-refractivity contribution in [3.63, 3.8) is 0 Å². The van der Waals surface area contributed by atoms with Crippen molar-refractivity contribution in [2.75, 3.05) is 39.4 Å². The Bertz CT molecular complexity index is 279. The summed E-state index contributed by atoms with van der Waals surface area (Å²) in [7, 11) is 0. The number of hydrogen-bond acceptors (Lipinski definition) is 3. The van der Waals surface area contributed by atoms with Crippen molar-refractivity contribution >= 4 is 5.96 Å². The van der Waals surface area contributed by atoms with Gasteiger partial charge in [0.1, 0.15) is 0 Å². The van der Waals surface area contributed by atoms with E-state index in [-0.39, 0.29) is 6.10 Å². The van der Waals surface area contributed by atoms with Gasteiger partial charge in [-0.1, -0.05) is 0 Å². The van der Waals surface area contributed by atoms with Crippen LogP contribution < -0.4 is 5.32 Å². The van der Waals surface area contributed by atoms with Gasteiger partial charge >= 0.3 is 0 Å². The van der Waals surface area contributed by atoms with Gasteiger partial charge in [-0.05, 0) is 32.1 Å². The smallest absolute Gasteiger partial charge is 0.194 e. The van der Waals surface area contributed by atoms with E-state index in [4.69, 9.17) is 4.74 Å². The van der Waals surface area contributed by atoms with Crippen molar-refractivity contribution in [3.8, 4) is 0 Å². The SMILES string of the molecule is CCNC(=NCCOCC1CC1)N1CC[C@@H](O)C1. The third-order valence-corrected chi connectivity index (χ3v) is 3.35. The zero-order valence-corrected chi connectivity index (χ0v) is 11.3. The molecule has 0 aromatic rings. The maximum atomic E-state index is 9.55. The number of aliphatic imine (C=N–C) groups is 1. The number of guanidine groups is 1. The second-order valence-electron chi connectivity index (χ2n) is 5.14. The van der Waals surface area contributed by atoms with Crippen LogP contribution in [0.3, 0.4) is 0 Å². The maximum absolute atomic E-state index is 9.55. The highest BCUT2D eigenvalue weighted by Gasteiger charge is 2.23. The number of nitrogens with one attached hydrogen (secondary N) is 1. The standard InChI is InChI=1S/C13H25N3O2/c1-2-14-13(16-7-5-12(17)9-16)15-6-8-18-10-11-3-4-11/h11-12,17H,2-10H2,1H3,(H,14,15)/t12-/m1/s1. The molecule has 1 aliphatic carbocycles. The molecule has 1 aliphatic heterocycles. The predicted molar refractivity (Wildman–Crippen MR) is 71.7 cm³/mol. The molecule has 18 heavy (non-hydrogen) atoms. The third-order valence-electron chi connectivity index (χ3n) is 3.35. The Morgan fingerprint density at radius 2 is 2.28 bits per heavy atom. The maximum Gasteiger partial charge on any atom is 0.194 e. The number of aliphatic hydroxyl groups is 1. The van der Waals surface area contributed by atoms with E-state index in [2.05, 4.69) is 22.1 Å². The van der Waals surface area contributed by atoms with Crippen LogP contribution >= 0.6 is 0 Å². The van der Waals surface area contributed by atoms with Gasteiger partial charge in [-0.2, -0.15) is 0 Å². The molecular weight excluding hydrogens is 230 g/mol. The molecule has 1 atom stereocenters. The van der Waals surface area contributed by atoms with Gasteiger partial charge < -0.3 is 20.1 Å². The van der Waals surface area contributed by atoms with E-state index in [9.17, 15) is 5.11 Å². The van der Waals surface area contributed by atoms with E-state index in [0.29, 0.717) is 19.7 Å². The van der Waals surface area contributed by atoms with Gasteiger partial charge in [0.05, 0.1) is 19.3 Å². The average Bonchev–Trinajstić information content (AvgIpc) is 3.08. The van der Waals surface area contributed by atoms with Gasteiger partial charge in [-0.3, -0.25) is 4.99 Å². The van der Waals surface area contributed by atoms with Crippen molar-refractivity contribution < 1.29 is 9.84 Å². The van der Waals surface area contributed by atoms with E-state index < -0.39 is 0 Å². The Morgan fingerprint density at radius 3 is 2.89 bits per heavy atom. The summed E-state index contributed by atoms with van der Waals surface area (Å²) in [6, 6.07) is 0. The van der Waals surface area contributed by atoms with Crippen LogP contribution in [-0.4, -0.2) is 61.5 Å². The summed E-state index contributed by atoms with van der Waals surface area (Å²) in [4.78, 5) is 6.66. The van der Waals surface area contributed by atoms with Crippen LogP contribution in [0.5, 0.6) is 0 Å².